The Labute approximate surface area is 187 Å². The van der Waals surface area contributed by atoms with Crippen molar-refractivity contribution in [2.24, 2.45) is 0 Å². The number of rotatable bonds is 4. The van der Waals surface area contributed by atoms with Gasteiger partial charge in [0.25, 0.3) is 5.91 Å². The largest absolute Gasteiger partial charge is 0.433 e. The minimum atomic E-state index is -4.69. The fourth-order valence-electron chi connectivity index (χ4n) is 2.94. The third-order valence-corrected chi connectivity index (χ3v) is 5.19. The van der Waals surface area contributed by atoms with Crippen molar-refractivity contribution in [3.63, 3.8) is 0 Å². The Morgan fingerprint density at radius 1 is 1.26 bits per heavy atom. The molecule has 3 heterocycles. The van der Waals surface area contributed by atoms with Gasteiger partial charge < -0.3 is 5.32 Å². The summed E-state index contributed by atoms with van der Waals surface area (Å²) in [6.07, 6.45) is -1.68. The van der Waals surface area contributed by atoms with E-state index in [1.165, 1.54) is 13.1 Å². The van der Waals surface area contributed by atoms with Crippen LogP contribution in [0.3, 0.4) is 0 Å². The lowest BCUT2D eigenvalue weighted by Gasteiger charge is -2.09. The number of halogens is 5. The Bertz CT molecular complexity index is 1280. The van der Waals surface area contributed by atoms with Gasteiger partial charge >= 0.3 is 6.18 Å². The van der Waals surface area contributed by atoms with Crippen LogP contribution in [0.15, 0.2) is 47.2 Å². The molecule has 1 aromatic carbocycles. The summed E-state index contributed by atoms with van der Waals surface area (Å²) in [4.78, 5) is 16.6. The van der Waals surface area contributed by atoms with Crippen LogP contribution in [0.5, 0.6) is 0 Å². The molecule has 0 aliphatic carbocycles. The Balaban J connectivity index is 1.58. The van der Waals surface area contributed by atoms with E-state index in [2.05, 4.69) is 36.4 Å². The zero-order chi connectivity index (χ0) is 22.3. The maximum Gasteiger partial charge on any atom is 0.433 e. The number of anilines is 1. The quantitative estimate of drug-likeness (QED) is 0.418. The van der Waals surface area contributed by atoms with Gasteiger partial charge in [-0.15, -0.1) is 0 Å². The fraction of sp³-hybridized carbons (Fsp3) is 0.158. The summed E-state index contributed by atoms with van der Waals surface area (Å²) in [6, 6.07) is 8.49. The van der Waals surface area contributed by atoms with Crippen molar-refractivity contribution in [2.45, 2.75) is 19.6 Å². The lowest BCUT2D eigenvalue weighted by molar-refractivity contribution is -0.142. The molecular weight excluding hydrogens is 501 g/mol. The van der Waals surface area contributed by atoms with E-state index in [0.717, 1.165) is 16.1 Å². The number of benzene rings is 1. The molecule has 7 nitrogen and oxygen atoms in total. The highest BCUT2D eigenvalue weighted by Crippen LogP contribution is 2.32. The van der Waals surface area contributed by atoms with Crippen LogP contribution >= 0.6 is 27.5 Å². The van der Waals surface area contributed by atoms with Crippen molar-refractivity contribution in [1.82, 2.24) is 24.4 Å². The fourth-order valence-corrected chi connectivity index (χ4v) is 3.45. The number of fused-ring (bicyclic) bond motifs is 1. The lowest BCUT2D eigenvalue weighted by Crippen LogP contribution is -2.15. The molecule has 1 amide bonds. The van der Waals surface area contributed by atoms with Crippen LogP contribution in [0.4, 0.5) is 18.9 Å². The van der Waals surface area contributed by atoms with Gasteiger partial charge in [-0.3, -0.25) is 9.48 Å². The second kappa shape index (κ2) is 7.97. The molecule has 0 fully saturated rings. The normalized spacial score (nSPS) is 11.8. The molecule has 0 saturated heterocycles. The Kier molecular flexibility index (Phi) is 5.48. The SMILES string of the molecule is Cc1cc(C(F)(F)F)n2nc(C(=O)Nc3cnn(Cc4ccc(Br)cc4)c3)c(Cl)c2n1. The number of amides is 1. The van der Waals surface area contributed by atoms with E-state index in [-0.39, 0.29) is 22.1 Å². The van der Waals surface area contributed by atoms with E-state index < -0.39 is 17.8 Å². The van der Waals surface area contributed by atoms with Crippen LogP contribution in [0.25, 0.3) is 5.65 Å². The van der Waals surface area contributed by atoms with E-state index in [0.29, 0.717) is 16.7 Å². The van der Waals surface area contributed by atoms with Crippen LogP contribution in [0.1, 0.15) is 27.4 Å². The molecule has 0 radical (unpaired) electrons. The van der Waals surface area contributed by atoms with Gasteiger partial charge in [-0.1, -0.05) is 39.7 Å². The first-order chi connectivity index (χ1) is 14.6. The zero-order valence-electron chi connectivity index (χ0n) is 15.8. The first-order valence-corrected chi connectivity index (χ1v) is 10.0. The van der Waals surface area contributed by atoms with Crippen LogP contribution in [0.2, 0.25) is 5.02 Å². The maximum atomic E-state index is 13.3. The molecule has 4 rings (SSSR count). The second-order valence-corrected chi connectivity index (χ2v) is 7.98. The predicted octanol–water partition coefficient (Wildman–Crippen LogP) is 4.97. The van der Waals surface area contributed by atoms with Crippen molar-refractivity contribution < 1.29 is 18.0 Å². The molecule has 31 heavy (non-hydrogen) atoms. The molecule has 1 N–H and O–H groups in total. The van der Waals surface area contributed by atoms with Gasteiger partial charge in [-0.25, -0.2) is 9.50 Å². The molecule has 12 heteroatoms. The highest BCUT2D eigenvalue weighted by molar-refractivity contribution is 9.10. The van der Waals surface area contributed by atoms with E-state index in [1.54, 1.807) is 10.9 Å². The lowest BCUT2D eigenvalue weighted by atomic mass is 10.2. The van der Waals surface area contributed by atoms with E-state index in [1.807, 2.05) is 24.3 Å². The van der Waals surface area contributed by atoms with Crippen molar-refractivity contribution in [2.75, 3.05) is 5.32 Å². The summed E-state index contributed by atoms with van der Waals surface area (Å²) in [5.74, 6) is -0.774. The minimum absolute atomic E-state index is 0.0998. The van der Waals surface area contributed by atoms with E-state index >= 15 is 0 Å². The average Bonchev–Trinajstić information content (AvgIpc) is 3.27. The van der Waals surface area contributed by atoms with Crippen LogP contribution in [0, 0.1) is 6.92 Å². The van der Waals surface area contributed by atoms with E-state index in [9.17, 15) is 18.0 Å². The topological polar surface area (TPSA) is 77.1 Å². The van der Waals surface area contributed by atoms with Crippen LogP contribution < -0.4 is 5.32 Å². The summed E-state index contributed by atoms with van der Waals surface area (Å²) >= 11 is 9.51. The van der Waals surface area contributed by atoms with Gasteiger partial charge in [0, 0.05) is 16.4 Å². The maximum absolute atomic E-state index is 13.3. The second-order valence-electron chi connectivity index (χ2n) is 6.69. The smallest absolute Gasteiger partial charge is 0.318 e. The first kappa shape index (κ1) is 21.3. The average molecular weight is 514 g/mol. The molecule has 0 unspecified atom stereocenters. The number of alkyl halides is 3. The monoisotopic (exact) mass is 512 g/mol. The molecule has 0 spiro atoms. The number of hydrogen-bond acceptors (Lipinski definition) is 4. The number of nitrogens with one attached hydrogen (secondary N) is 1. The minimum Gasteiger partial charge on any atom is -0.318 e. The molecule has 3 aromatic heterocycles. The number of nitrogens with zero attached hydrogens (tertiary/aromatic N) is 5. The number of aryl methyl sites for hydroxylation is 1. The van der Waals surface area contributed by atoms with Crippen molar-refractivity contribution in [3.8, 4) is 0 Å². The third kappa shape index (κ3) is 4.42. The van der Waals surface area contributed by atoms with Gasteiger partial charge in [-0.05, 0) is 30.7 Å². The number of carbonyl (C=O) groups is 1. The Morgan fingerprint density at radius 3 is 2.65 bits per heavy atom. The molecule has 0 saturated carbocycles. The molecule has 0 aliphatic heterocycles. The summed E-state index contributed by atoms with van der Waals surface area (Å²) in [6.45, 7) is 1.87. The van der Waals surface area contributed by atoms with Crippen LogP contribution in [-0.2, 0) is 12.7 Å². The van der Waals surface area contributed by atoms with Gasteiger partial charge in [0.1, 0.15) is 10.7 Å². The van der Waals surface area contributed by atoms with Crippen LogP contribution in [-0.4, -0.2) is 30.3 Å². The molecule has 0 aliphatic rings. The van der Waals surface area contributed by atoms with Gasteiger partial charge in [0.15, 0.2) is 11.3 Å². The van der Waals surface area contributed by atoms with Crippen molar-refractivity contribution >= 4 is 44.8 Å². The highest BCUT2D eigenvalue weighted by Gasteiger charge is 2.36. The Morgan fingerprint density at radius 2 is 1.97 bits per heavy atom. The van der Waals surface area contributed by atoms with Gasteiger partial charge in [-0.2, -0.15) is 23.4 Å². The molecule has 4 aromatic rings. The molecule has 0 atom stereocenters. The number of aromatic nitrogens is 5. The van der Waals surface area contributed by atoms with Crippen molar-refractivity contribution in [1.29, 1.82) is 0 Å². The molecule has 0 bridgehead atoms. The number of carbonyl (C=O) groups excluding carboxylic acids is 1. The zero-order valence-corrected chi connectivity index (χ0v) is 18.1. The number of hydrogen-bond donors (Lipinski definition) is 1. The summed E-state index contributed by atoms with van der Waals surface area (Å²) in [7, 11) is 0. The highest BCUT2D eigenvalue weighted by atomic mass is 79.9. The predicted molar refractivity (Wildman–Crippen MR) is 111 cm³/mol. The Hall–Kier alpha value is -2.92. The van der Waals surface area contributed by atoms with E-state index in [4.69, 9.17) is 11.6 Å². The van der Waals surface area contributed by atoms with Crippen molar-refractivity contribution in [3.05, 3.63) is 74.9 Å². The molecule has 160 valence electrons. The standard InChI is InChI=1S/C19H13BrClF3N6O/c1-10-6-14(19(22,23)24)30-17(26-10)15(21)16(28-30)18(31)27-13-7-25-29(9-13)8-11-2-4-12(20)5-3-11/h2-7,9H,8H2,1H3,(H,27,31). The summed E-state index contributed by atoms with van der Waals surface area (Å²) in [5.41, 5.74) is -0.249. The summed E-state index contributed by atoms with van der Waals surface area (Å²) in [5, 5.41) is 10.2. The third-order valence-electron chi connectivity index (χ3n) is 4.32. The van der Waals surface area contributed by atoms with Gasteiger partial charge in [0.05, 0.1) is 18.4 Å². The first-order valence-electron chi connectivity index (χ1n) is 8.83. The summed E-state index contributed by atoms with van der Waals surface area (Å²) < 4.78 is 43.1. The molecular formula is C19H13BrClF3N6O. The van der Waals surface area contributed by atoms with Gasteiger partial charge in [0.2, 0.25) is 0 Å².